The summed E-state index contributed by atoms with van der Waals surface area (Å²) >= 11 is 1.45. The summed E-state index contributed by atoms with van der Waals surface area (Å²) in [6.45, 7) is 0.822. The van der Waals surface area contributed by atoms with Crippen molar-refractivity contribution in [2.75, 3.05) is 13.2 Å². The van der Waals surface area contributed by atoms with Gasteiger partial charge in [-0.1, -0.05) is 18.2 Å². The third-order valence-electron chi connectivity index (χ3n) is 3.64. The highest BCUT2D eigenvalue weighted by Crippen LogP contribution is 2.26. The van der Waals surface area contributed by atoms with E-state index in [2.05, 4.69) is 10.5 Å². The number of ether oxygens (including phenoxy) is 2. The number of aromatic nitrogens is 1. The van der Waals surface area contributed by atoms with Crippen molar-refractivity contribution >= 4 is 23.2 Å². The third-order valence-corrected chi connectivity index (χ3v) is 4.58. The number of thiophene rings is 1. The fourth-order valence-corrected chi connectivity index (χ4v) is 3.17. The van der Waals surface area contributed by atoms with Crippen molar-refractivity contribution in [3.8, 4) is 5.88 Å². The van der Waals surface area contributed by atoms with Gasteiger partial charge in [0, 0.05) is 10.9 Å². The van der Waals surface area contributed by atoms with Gasteiger partial charge in [0.1, 0.15) is 11.6 Å². The van der Waals surface area contributed by atoms with Crippen LogP contribution in [0.5, 0.6) is 5.88 Å². The molecule has 3 aromatic rings. The van der Waals surface area contributed by atoms with E-state index in [1.807, 2.05) is 17.5 Å². The summed E-state index contributed by atoms with van der Waals surface area (Å²) in [4.78, 5) is 24.8. The van der Waals surface area contributed by atoms with Crippen LogP contribution in [0, 0.1) is 12.7 Å². The van der Waals surface area contributed by atoms with E-state index in [0.29, 0.717) is 11.3 Å². The molecule has 0 aliphatic heterocycles. The maximum absolute atomic E-state index is 13.2. The molecule has 0 radical (unpaired) electrons. The summed E-state index contributed by atoms with van der Waals surface area (Å²) in [5.74, 6) is -0.869. The minimum absolute atomic E-state index is 0.160. The number of halogens is 1. The molecule has 0 unspecified atom stereocenters. The minimum Gasteiger partial charge on any atom is -0.463 e. The number of carbonyl (C=O) groups excluding carboxylic acids is 2. The topological polar surface area (TPSA) is 90.7 Å². The first kappa shape index (κ1) is 19.6. The van der Waals surface area contributed by atoms with Crippen molar-refractivity contribution in [3.05, 3.63) is 69.9 Å². The van der Waals surface area contributed by atoms with Crippen molar-refractivity contribution in [1.29, 1.82) is 0 Å². The summed E-state index contributed by atoms with van der Waals surface area (Å²) in [6, 6.07) is 10.6. The fraction of sp³-hybridized carbons (Fsp3) is 0.211. The van der Waals surface area contributed by atoms with E-state index in [-0.39, 0.29) is 11.7 Å². The molecule has 3 rings (SSSR count). The third kappa shape index (κ3) is 5.40. The molecule has 0 aliphatic carbocycles. The summed E-state index contributed by atoms with van der Waals surface area (Å²) in [7, 11) is 0. The van der Waals surface area contributed by atoms with Gasteiger partial charge in [-0.2, -0.15) is 0 Å². The van der Waals surface area contributed by atoms with Crippen LogP contribution in [0.25, 0.3) is 0 Å². The van der Waals surface area contributed by atoms with E-state index >= 15 is 0 Å². The van der Waals surface area contributed by atoms with Gasteiger partial charge in [0.2, 0.25) is 0 Å². The van der Waals surface area contributed by atoms with Gasteiger partial charge in [0.15, 0.2) is 13.2 Å². The lowest BCUT2D eigenvalue weighted by Gasteiger charge is -2.18. The normalized spacial score (nSPS) is 11.6. The number of nitrogens with zero attached hydrogens (tertiary/aromatic N) is 1. The lowest BCUT2D eigenvalue weighted by molar-refractivity contribution is -0.150. The second kappa shape index (κ2) is 9.14. The van der Waals surface area contributed by atoms with Crippen LogP contribution in [0.15, 0.2) is 52.4 Å². The summed E-state index contributed by atoms with van der Waals surface area (Å²) < 4.78 is 28.0. The van der Waals surface area contributed by atoms with Crippen molar-refractivity contribution in [1.82, 2.24) is 10.5 Å². The molecule has 1 N–H and O–H groups in total. The standard InChI is InChI=1S/C19H17FN2O5S/c1-12-9-17(22-27-12)25-11-18(24)26-10-16(23)21-19(15-3-2-8-28-15)13-4-6-14(20)7-5-13/h2-9,19H,10-11H2,1H3,(H,21,23)/t19-/m1/s1. The Kier molecular flexibility index (Phi) is 6.38. The van der Waals surface area contributed by atoms with E-state index in [4.69, 9.17) is 14.0 Å². The highest BCUT2D eigenvalue weighted by molar-refractivity contribution is 7.10. The first-order valence-electron chi connectivity index (χ1n) is 8.31. The van der Waals surface area contributed by atoms with E-state index in [9.17, 15) is 14.0 Å². The second-order valence-corrected chi connectivity index (χ2v) is 6.77. The second-order valence-electron chi connectivity index (χ2n) is 5.79. The molecule has 9 heteroatoms. The van der Waals surface area contributed by atoms with Gasteiger partial charge in [-0.3, -0.25) is 4.79 Å². The van der Waals surface area contributed by atoms with E-state index in [0.717, 1.165) is 4.88 Å². The van der Waals surface area contributed by atoms with Crippen LogP contribution < -0.4 is 10.1 Å². The summed E-state index contributed by atoms with van der Waals surface area (Å²) in [6.07, 6.45) is 0. The Balaban J connectivity index is 1.53. The van der Waals surface area contributed by atoms with Gasteiger partial charge in [-0.15, -0.1) is 11.3 Å². The van der Waals surface area contributed by atoms with Crippen LogP contribution in [0.2, 0.25) is 0 Å². The van der Waals surface area contributed by atoms with Crippen molar-refractivity contribution in [2.24, 2.45) is 0 Å². The van der Waals surface area contributed by atoms with Crippen molar-refractivity contribution < 1.29 is 28.0 Å². The molecule has 28 heavy (non-hydrogen) atoms. The van der Waals surface area contributed by atoms with Crippen LogP contribution in [0.4, 0.5) is 4.39 Å². The number of benzene rings is 1. The zero-order valence-corrected chi connectivity index (χ0v) is 15.7. The van der Waals surface area contributed by atoms with E-state index in [1.54, 1.807) is 19.1 Å². The Labute approximate surface area is 164 Å². The molecule has 7 nitrogen and oxygen atoms in total. The van der Waals surface area contributed by atoms with Crippen LogP contribution >= 0.6 is 11.3 Å². The average molecular weight is 404 g/mol. The monoisotopic (exact) mass is 404 g/mol. The molecule has 2 heterocycles. The lowest BCUT2D eigenvalue weighted by atomic mass is 10.1. The van der Waals surface area contributed by atoms with E-state index in [1.165, 1.54) is 29.5 Å². The predicted molar refractivity (Wildman–Crippen MR) is 98.4 cm³/mol. The molecule has 0 bridgehead atoms. The molecule has 146 valence electrons. The number of nitrogens with one attached hydrogen (secondary N) is 1. The number of rotatable bonds is 8. The fourth-order valence-electron chi connectivity index (χ4n) is 2.36. The van der Waals surface area contributed by atoms with Crippen LogP contribution in [0.3, 0.4) is 0 Å². The average Bonchev–Trinajstić information content (AvgIpc) is 3.35. The van der Waals surface area contributed by atoms with E-state index < -0.39 is 31.1 Å². The predicted octanol–water partition coefficient (Wildman–Crippen LogP) is 3.01. The molecular weight excluding hydrogens is 387 g/mol. The first-order chi connectivity index (χ1) is 13.5. The number of hydrogen-bond acceptors (Lipinski definition) is 7. The number of amides is 1. The highest BCUT2D eigenvalue weighted by atomic mass is 32.1. The van der Waals surface area contributed by atoms with Gasteiger partial charge < -0.3 is 19.3 Å². The molecule has 0 spiro atoms. The molecule has 0 aliphatic rings. The molecule has 1 aromatic carbocycles. The largest absolute Gasteiger partial charge is 0.463 e. The SMILES string of the molecule is Cc1cc(OCC(=O)OCC(=O)N[C@H](c2ccc(F)cc2)c2cccs2)no1. The Morgan fingerprint density at radius 3 is 2.68 bits per heavy atom. The van der Waals surface area contributed by atoms with Crippen molar-refractivity contribution in [3.63, 3.8) is 0 Å². The van der Waals surface area contributed by atoms with Gasteiger partial charge in [-0.25, -0.2) is 9.18 Å². The molecule has 2 aromatic heterocycles. The number of hydrogen-bond donors (Lipinski definition) is 1. The molecule has 0 saturated carbocycles. The van der Waals surface area contributed by atoms with Gasteiger partial charge in [-0.05, 0) is 41.2 Å². The van der Waals surface area contributed by atoms with Gasteiger partial charge in [0.25, 0.3) is 11.8 Å². The molecule has 0 fully saturated rings. The molecule has 1 amide bonds. The quantitative estimate of drug-likeness (QED) is 0.581. The Morgan fingerprint density at radius 2 is 2.04 bits per heavy atom. The van der Waals surface area contributed by atoms with Crippen molar-refractivity contribution in [2.45, 2.75) is 13.0 Å². The van der Waals surface area contributed by atoms with Crippen LogP contribution in [-0.2, 0) is 14.3 Å². The minimum atomic E-state index is -0.717. The Hall–Kier alpha value is -3.20. The number of esters is 1. The van der Waals surface area contributed by atoms with Gasteiger partial charge in [0.05, 0.1) is 6.04 Å². The lowest BCUT2D eigenvalue weighted by Crippen LogP contribution is -2.33. The smallest absolute Gasteiger partial charge is 0.344 e. The summed E-state index contributed by atoms with van der Waals surface area (Å²) in [5.41, 5.74) is 0.716. The maximum atomic E-state index is 13.2. The zero-order chi connectivity index (χ0) is 19.9. The van der Waals surface area contributed by atoms with Crippen LogP contribution in [-0.4, -0.2) is 30.2 Å². The Bertz CT molecular complexity index is 924. The molecule has 1 atom stereocenters. The van der Waals surface area contributed by atoms with Crippen LogP contribution in [0.1, 0.15) is 22.2 Å². The summed E-state index contributed by atoms with van der Waals surface area (Å²) in [5, 5.41) is 8.25. The molecular formula is C19H17FN2O5S. The first-order valence-corrected chi connectivity index (χ1v) is 9.19. The van der Waals surface area contributed by atoms with Gasteiger partial charge >= 0.3 is 5.97 Å². The Morgan fingerprint density at radius 1 is 1.25 bits per heavy atom. The molecule has 0 saturated heterocycles. The number of aryl methyl sites for hydroxylation is 1. The highest BCUT2D eigenvalue weighted by Gasteiger charge is 2.19. The number of carbonyl (C=O) groups is 2. The maximum Gasteiger partial charge on any atom is 0.344 e. The zero-order valence-electron chi connectivity index (χ0n) is 14.9.